The number of phenols is 1. The number of carbonyl (C=O) groups excluding carboxylic acids is 1. The second-order valence-corrected chi connectivity index (χ2v) is 6.47. The predicted octanol–water partition coefficient (Wildman–Crippen LogP) is 4.47. The van der Waals surface area contributed by atoms with Crippen LogP contribution < -0.4 is 5.32 Å². The van der Waals surface area contributed by atoms with E-state index in [0.717, 1.165) is 6.26 Å². The Morgan fingerprint density at radius 2 is 1.93 bits per heavy atom. The highest BCUT2D eigenvalue weighted by Gasteiger charge is 2.19. The second-order valence-electron chi connectivity index (χ2n) is 6.06. The van der Waals surface area contributed by atoms with E-state index in [0.29, 0.717) is 11.3 Å². The highest BCUT2D eigenvalue weighted by Crippen LogP contribution is 2.35. The SMILES string of the molecule is Cc1cc([N+](=O)[O-])ccc1NC(=O)c1cc(Cl)c(-c2cc(C(=O)O)co2)cc1O. The van der Waals surface area contributed by atoms with Gasteiger partial charge in [0.15, 0.2) is 0 Å². The summed E-state index contributed by atoms with van der Waals surface area (Å²) >= 11 is 6.19. The summed E-state index contributed by atoms with van der Waals surface area (Å²) in [7, 11) is 0. The maximum absolute atomic E-state index is 12.5. The minimum atomic E-state index is -1.19. The number of rotatable bonds is 5. The molecule has 148 valence electrons. The third kappa shape index (κ3) is 4.04. The molecule has 0 atom stereocenters. The Kier molecular flexibility index (Phi) is 5.24. The van der Waals surface area contributed by atoms with E-state index in [9.17, 15) is 24.8 Å². The van der Waals surface area contributed by atoms with Crippen molar-refractivity contribution >= 4 is 34.9 Å². The zero-order valence-corrected chi connectivity index (χ0v) is 15.6. The number of aromatic carboxylic acids is 1. The van der Waals surface area contributed by atoms with Crippen LogP contribution in [0.2, 0.25) is 5.02 Å². The number of nitro benzene ring substituents is 1. The largest absolute Gasteiger partial charge is 0.507 e. The van der Waals surface area contributed by atoms with Crippen LogP contribution >= 0.6 is 11.6 Å². The van der Waals surface area contributed by atoms with Crippen LogP contribution in [0.4, 0.5) is 11.4 Å². The lowest BCUT2D eigenvalue weighted by Crippen LogP contribution is -2.13. The first-order valence-electron chi connectivity index (χ1n) is 8.08. The minimum absolute atomic E-state index is 0.0552. The van der Waals surface area contributed by atoms with Gasteiger partial charge in [0.1, 0.15) is 17.8 Å². The molecule has 0 aliphatic carbocycles. The van der Waals surface area contributed by atoms with Crippen molar-refractivity contribution in [2.75, 3.05) is 5.32 Å². The molecule has 0 saturated heterocycles. The van der Waals surface area contributed by atoms with E-state index in [4.69, 9.17) is 21.1 Å². The standard InChI is InChI=1S/C19H13ClN2O7/c1-9-4-11(22(27)28)2-3-15(9)21-18(24)13-6-14(20)12(7-16(13)23)17-5-10(8-29-17)19(25)26/h2-8,23H,1H3,(H,21,24)(H,25,26). The minimum Gasteiger partial charge on any atom is -0.507 e. The van der Waals surface area contributed by atoms with E-state index >= 15 is 0 Å². The molecule has 0 bridgehead atoms. The number of aromatic hydroxyl groups is 1. The van der Waals surface area contributed by atoms with Crippen molar-refractivity contribution in [3.63, 3.8) is 0 Å². The molecule has 2 aromatic carbocycles. The Morgan fingerprint density at radius 1 is 1.21 bits per heavy atom. The molecular formula is C19H13ClN2O7. The number of benzene rings is 2. The lowest BCUT2D eigenvalue weighted by Gasteiger charge is -2.11. The number of hydrogen-bond donors (Lipinski definition) is 3. The molecule has 1 amide bonds. The van der Waals surface area contributed by atoms with Gasteiger partial charge in [0.25, 0.3) is 11.6 Å². The summed E-state index contributed by atoms with van der Waals surface area (Å²) in [6, 6.07) is 7.57. The summed E-state index contributed by atoms with van der Waals surface area (Å²) in [5, 5.41) is 32.6. The molecular weight excluding hydrogens is 404 g/mol. The number of hydrogen-bond acceptors (Lipinski definition) is 6. The Bertz CT molecular complexity index is 1150. The van der Waals surface area contributed by atoms with Gasteiger partial charge in [-0.05, 0) is 36.8 Å². The third-order valence-electron chi connectivity index (χ3n) is 4.11. The fourth-order valence-corrected chi connectivity index (χ4v) is 2.87. The topological polar surface area (TPSA) is 143 Å². The van der Waals surface area contributed by atoms with E-state index in [1.165, 1.54) is 36.4 Å². The number of non-ortho nitro benzene ring substituents is 1. The number of halogens is 1. The lowest BCUT2D eigenvalue weighted by molar-refractivity contribution is -0.384. The maximum Gasteiger partial charge on any atom is 0.338 e. The smallest absolute Gasteiger partial charge is 0.338 e. The van der Waals surface area contributed by atoms with E-state index in [-0.39, 0.29) is 33.2 Å². The summed E-state index contributed by atoms with van der Waals surface area (Å²) < 4.78 is 5.16. The fourth-order valence-electron chi connectivity index (χ4n) is 2.61. The molecule has 3 N–H and O–H groups in total. The number of phenolic OH excluding ortho intramolecular Hbond substituents is 1. The van der Waals surface area contributed by atoms with Gasteiger partial charge in [-0.15, -0.1) is 0 Å². The fraction of sp³-hybridized carbons (Fsp3) is 0.0526. The normalized spacial score (nSPS) is 10.6. The van der Waals surface area contributed by atoms with Gasteiger partial charge >= 0.3 is 5.97 Å². The second kappa shape index (κ2) is 7.64. The molecule has 1 aromatic heterocycles. The number of aryl methyl sites for hydroxylation is 1. The van der Waals surface area contributed by atoms with Crippen molar-refractivity contribution in [2.45, 2.75) is 6.92 Å². The van der Waals surface area contributed by atoms with E-state index in [1.807, 2.05) is 0 Å². The molecule has 9 nitrogen and oxygen atoms in total. The van der Waals surface area contributed by atoms with Gasteiger partial charge in [-0.25, -0.2) is 4.79 Å². The third-order valence-corrected chi connectivity index (χ3v) is 4.42. The van der Waals surface area contributed by atoms with Crippen LogP contribution in [0.1, 0.15) is 26.3 Å². The summed E-state index contributed by atoms with van der Waals surface area (Å²) in [5.74, 6) is -2.16. The van der Waals surface area contributed by atoms with Crippen molar-refractivity contribution < 1.29 is 29.1 Å². The van der Waals surface area contributed by atoms with Crippen LogP contribution in [0.5, 0.6) is 5.75 Å². The quantitative estimate of drug-likeness (QED) is 0.411. The van der Waals surface area contributed by atoms with Gasteiger partial charge in [-0.2, -0.15) is 0 Å². The monoisotopic (exact) mass is 416 g/mol. The average Bonchev–Trinajstić information content (AvgIpc) is 3.15. The van der Waals surface area contributed by atoms with E-state index < -0.39 is 22.5 Å². The van der Waals surface area contributed by atoms with Crippen molar-refractivity contribution in [1.29, 1.82) is 0 Å². The van der Waals surface area contributed by atoms with Crippen LogP contribution in [0, 0.1) is 17.0 Å². The van der Waals surface area contributed by atoms with Crippen LogP contribution in [-0.2, 0) is 0 Å². The Morgan fingerprint density at radius 3 is 2.52 bits per heavy atom. The average molecular weight is 417 g/mol. The molecule has 0 unspecified atom stereocenters. The first-order chi connectivity index (χ1) is 13.7. The van der Waals surface area contributed by atoms with Crippen molar-refractivity contribution in [1.82, 2.24) is 0 Å². The molecule has 0 aliphatic rings. The highest BCUT2D eigenvalue weighted by molar-refractivity contribution is 6.34. The van der Waals surface area contributed by atoms with Crippen molar-refractivity contribution in [3.8, 4) is 17.1 Å². The number of nitrogens with zero attached hydrogens (tertiary/aromatic N) is 1. The van der Waals surface area contributed by atoms with Gasteiger partial charge in [0, 0.05) is 23.4 Å². The molecule has 10 heteroatoms. The van der Waals surface area contributed by atoms with Crippen LogP contribution in [-0.4, -0.2) is 27.0 Å². The highest BCUT2D eigenvalue weighted by atomic mass is 35.5. The van der Waals surface area contributed by atoms with Gasteiger partial charge < -0.3 is 19.9 Å². The Balaban J connectivity index is 1.89. The van der Waals surface area contributed by atoms with E-state index in [1.54, 1.807) is 6.92 Å². The molecule has 0 spiro atoms. The summed E-state index contributed by atoms with van der Waals surface area (Å²) in [4.78, 5) is 33.8. The maximum atomic E-state index is 12.5. The lowest BCUT2D eigenvalue weighted by atomic mass is 10.1. The molecule has 3 rings (SSSR count). The van der Waals surface area contributed by atoms with Crippen molar-refractivity contribution in [2.24, 2.45) is 0 Å². The van der Waals surface area contributed by atoms with Gasteiger partial charge in [0.2, 0.25) is 0 Å². The molecule has 0 saturated carbocycles. The number of nitrogens with one attached hydrogen (secondary N) is 1. The number of nitro groups is 1. The summed E-state index contributed by atoms with van der Waals surface area (Å²) in [6.45, 7) is 1.59. The molecule has 3 aromatic rings. The summed E-state index contributed by atoms with van der Waals surface area (Å²) in [6.07, 6.45) is 1.03. The number of furan rings is 1. The number of carboxylic acids is 1. The zero-order valence-electron chi connectivity index (χ0n) is 14.8. The zero-order chi connectivity index (χ0) is 21.3. The number of anilines is 1. The van der Waals surface area contributed by atoms with Crippen LogP contribution in [0.25, 0.3) is 11.3 Å². The number of carbonyl (C=O) groups is 2. The molecule has 0 radical (unpaired) electrons. The van der Waals surface area contributed by atoms with Crippen molar-refractivity contribution in [3.05, 3.63) is 74.5 Å². The Labute approximate surface area is 168 Å². The molecule has 29 heavy (non-hydrogen) atoms. The number of amides is 1. The summed E-state index contributed by atoms with van der Waals surface area (Å²) in [5.41, 5.74) is 0.658. The molecule has 1 heterocycles. The van der Waals surface area contributed by atoms with Gasteiger partial charge in [-0.1, -0.05) is 11.6 Å². The first-order valence-corrected chi connectivity index (χ1v) is 8.46. The molecule has 0 aliphatic heterocycles. The number of carboxylic acid groups (broad SMARTS) is 1. The van der Waals surface area contributed by atoms with E-state index in [2.05, 4.69) is 5.32 Å². The Hall–Kier alpha value is -3.85. The van der Waals surface area contributed by atoms with Gasteiger partial charge in [0.05, 0.1) is 21.1 Å². The van der Waals surface area contributed by atoms with Gasteiger partial charge in [-0.3, -0.25) is 14.9 Å². The molecule has 0 fully saturated rings. The first kappa shape index (κ1) is 19.9. The van der Waals surface area contributed by atoms with Crippen LogP contribution in [0.15, 0.2) is 47.1 Å². The predicted molar refractivity (Wildman–Crippen MR) is 104 cm³/mol. The van der Waals surface area contributed by atoms with Crippen LogP contribution in [0.3, 0.4) is 0 Å².